The van der Waals surface area contributed by atoms with E-state index in [0.717, 1.165) is 11.3 Å². The second kappa shape index (κ2) is 6.51. The first-order chi connectivity index (χ1) is 10.6. The largest absolute Gasteiger partial charge is 0.376 e. The summed E-state index contributed by atoms with van der Waals surface area (Å²) in [6.45, 7) is 6.56. The normalized spacial score (nSPS) is 20.3. The van der Waals surface area contributed by atoms with E-state index in [2.05, 4.69) is 32.2 Å². The molecule has 1 N–H and O–H groups in total. The molecule has 1 unspecified atom stereocenters. The van der Waals surface area contributed by atoms with Crippen LogP contribution in [-0.4, -0.2) is 50.4 Å². The van der Waals surface area contributed by atoms with Crippen molar-refractivity contribution in [3.8, 4) is 0 Å². The van der Waals surface area contributed by atoms with Gasteiger partial charge >= 0.3 is 0 Å². The highest BCUT2D eigenvalue weighted by Gasteiger charge is 2.32. The molecule has 0 radical (unpaired) electrons. The Labute approximate surface area is 139 Å². The fourth-order valence-electron chi connectivity index (χ4n) is 2.87. The molecule has 1 atom stereocenters. The summed E-state index contributed by atoms with van der Waals surface area (Å²) >= 11 is 0. The molecule has 0 spiro atoms. The minimum Gasteiger partial charge on any atom is -0.376 e. The van der Waals surface area contributed by atoms with E-state index in [0.29, 0.717) is 6.42 Å². The van der Waals surface area contributed by atoms with E-state index in [1.54, 1.807) is 11.9 Å². The van der Waals surface area contributed by atoms with Crippen LogP contribution >= 0.6 is 0 Å². The second-order valence-electron chi connectivity index (χ2n) is 7.21. The summed E-state index contributed by atoms with van der Waals surface area (Å²) in [5, 5.41) is 3.20. The maximum absolute atomic E-state index is 12.3. The molecule has 1 fully saturated rings. The van der Waals surface area contributed by atoms with Crippen molar-refractivity contribution in [2.75, 3.05) is 30.4 Å². The Bertz CT molecular complexity index is 677. The number of carbonyl (C=O) groups excluding carboxylic acids is 1. The van der Waals surface area contributed by atoms with Crippen molar-refractivity contribution in [3.63, 3.8) is 0 Å². The molecule has 5 nitrogen and oxygen atoms in total. The third-order valence-electron chi connectivity index (χ3n) is 4.31. The van der Waals surface area contributed by atoms with Crippen LogP contribution in [0.1, 0.15) is 32.8 Å². The van der Waals surface area contributed by atoms with Gasteiger partial charge in [0.25, 0.3) is 0 Å². The molecule has 1 saturated heterocycles. The van der Waals surface area contributed by atoms with Crippen molar-refractivity contribution in [2.45, 2.75) is 38.6 Å². The van der Waals surface area contributed by atoms with Crippen molar-refractivity contribution < 1.29 is 13.2 Å². The fourth-order valence-corrected chi connectivity index (χ4v) is 4.65. The van der Waals surface area contributed by atoms with Gasteiger partial charge in [0, 0.05) is 18.8 Å². The molecule has 0 aliphatic carbocycles. The molecular formula is C17H26N2O3S. The van der Waals surface area contributed by atoms with Crippen molar-refractivity contribution in [1.82, 2.24) is 4.90 Å². The van der Waals surface area contributed by atoms with Crippen LogP contribution in [0.4, 0.5) is 5.69 Å². The number of hydrogen-bond acceptors (Lipinski definition) is 4. The molecule has 1 aromatic carbocycles. The van der Waals surface area contributed by atoms with E-state index in [1.807, 2.05) is 18.2 Å². The van der Waals surface area contributed by atoms with Gasteiger partial charge < -0.3 is 10.2 Å². The van der Waals surface area contributed by atoms with Gasteiger partial charge in [0.05, 0.1) is 18.1 Å². The summed E-state index contributed by atoms with van der Waals surface area (Å²) in [4.78, 5) is 13.9. The highest BCUT2D eigenvalue weighted by atomic mass is 32.2. The number of para-hydroxylation sites is 1. The zero-order valence-electron chi connectivity index (χ0n) is 14.3. The first-order valence-corrected chi connectivity index (χ1v) is 9.72. The standard InChI is InChI=1S/C17H26N2O3S/c1-17(2,3)14-7-5-6-8-15(14)18-11-16(20)19(4)13-9-10-23(21,22)12-13/h5-8,13,18H,9-12H2,1-4H3. The number of amides is 1. The zero-order valence-corrected chi connectivity index (χ0v) is 15.1. The Kier molecular flexibility index (Phi) is 5.04. The van der Waals surface area contributed by atoms with Gasteiger partial charge in [-0.2, -0.15) is 0 Å². The third-order valence-corrected chi connectivity index (χ3v) is 6.07. The number of anilines is 1. The van der Waals surface area contributed by atoms with Gasteiger partial charge in [0.15, 0.2) is 9.84 Å². The Hall–Kier alpha value is -1.56. The van der Waals surface area contributed by atoms with E-state index in [9.17, 15) is 13.2 Å². The summed E-state index contributed by atoms with van der Waals surface area (Å²) in [5.74, 6) is 0.166. The van der Waals surface area contributed by atoms with Gasteiger partial charge in [-0.15, -0.1) is 0 Å². The van der Waals surface area contributed by atoms with E-state index < -0.39 is 9.84 Å². The quantitative estimate of drug-likeness (QED) is 0.912. The van der Waals surface area contributed by atoms with Crippen molar-refractivity contribution in [1.29, 1.82) is 0 Å². The zero-order chi connectivity index (χ0) is 17.3. The predicted molar refractivity (Wildman–Crippen MR) is 93.5 cm³/mol. The van der Waals surface area contributed by atoms with E-state index in [1.165, 1.54) is 0 Å². The number of hydrogen-bond donors (Lipinski definition) is 1. The molecule has 0 saturated carbocycles. The van der Waals surface area contributed by atoms with Gasteiger partial charge in [0.1, 0.15) is 0 Å². The molecule has 1 aromatic rings. The summed E-state index contributed by atoms with van der Waals surface area (Å²) in [5.41, 5.74) is 2.08. The van der Waals surface area contributed by atoms with E-state index in [4.69, 9.17) is 0 Å². The lowest BCUT2D eigenvalue weighted by molar-refractivity contribution is -0.129. The molecule has 1 aliphatic heterocycles. The summed E-state index contributed by atoms with van der Waals surface area (Å²) < 4.78 is 23.1. The average molecular weight is 338 g/mol. The molecule has 1 amide bonds. The molecule has 1 heterocycles. The maximum Gasteiger partial charge on any atom is 0.241 e. The van der Waals surface area contributed by atoms with Crippen molar-refractivity contribution >= 4 is 21.4 Å². The number of carbonyl (C=O) groups is 1. The molecule has 0 aromatic heterocycles. The molecule has 128 valence electrons. The number of nitrogens with zero attached hydrogens (tertiary/aromatic N) is 1. The smallest absolute Gasteiger partial charge is 0.241 e. The van der Waals surface area contributed by atoms with E-state index in [-0.39, 0.29) is 35.4 Å². The lowest BCUT2D eigenvalue weighted by Gasteiger charge is -2.26. The maximum atomic E-state index is 12.3. The van der Waals surface area contributed by atoms with Crippen LogP contribution in [0.2, 0.25) is 0 Å². The van der Waals surface area contributed by atoms with Crippen LogP contribution in [0.3, 0.4) is 0 Å². The number of likely N-dealkylation sites (N-methyl/N-ethyl adjacent to an activating group) is 1. The van der Waals surface area contributed by atoms with E-state index >= 15 is 0 Å². The van der Waals surface area contributed by atoms with Crippen LogP contribution in [0.5, 0.6) is 0 Å². The van der Waals surface area contributed by atoms with Gasteiger partial charge in [-0.05, 0) is 23.5 Å². The van der Waals surface area contributed by atoms with Gasteiger partial charge in [-0.25, -0.2) is 8.42 Å². The Morgan fingerprint density at radius 2 is 1.96 bits per heavy atom. The average Bonchev–Trinajstić information content (AvgIpc) is 2.83. The fraction of sp³-hybridized carbons (Fsp3) is 0.588. The van der Waals surface area contributed by atoms with Crippen LogP contribution in [0.25, 0.3) is 0 Å². The Morgan fingerprint density at radius 3 is 2.52 bits per heavy atom. The lowest BCUT2D eigenvalue weighted by atomic mass is 9.86. The summed E-state index contributed by atoms with van der Waals surface area (Å²) in [6.07, 6.45) is 0.531. The first-order valence-electron chi connectivity index (χ1n) is 7.89. The molecule has 6 heteroatoms. The second-order valence-corrected chi connectivity index (χ2v) is 9.44. The summed E-state index contributed by atoms with van der Waals surface area (Å²) in [7, 11) is -1.30. The highest BCUT2D eigenvalue weighted by molar-refractivity contribution is 7.91. The molecular weight excluding hydrogens is 312 g/mol. The van der Waals surface area contributed by atoms with Gasteiger partial charge in [-0.3, -0.25) is 4.79 Å². The Balaban J connectivity index is 2.00. The van der Waals surface area contributed by atoms with Crippen molar-refractivity contribution in [2.24, 2.45) is 0 Å². The predicted octanol–water partition coefficient (Wildman–Crippen LogP) is 2.04. The third kappa shape index (κ3) is 4.47. The van der Waals surface area contributed by atoms with Crippen LogP contribution in [-0.2, 0) is 20.0 Å². The first kappa shape index (κ1) is 17.8. The van der Waals surface area contributed by atoms with Gasteiger partial charge in [-0.1, -0.05) is 39.0 Å². The van der Waals surface area contributed by atoms with Crippen LogP contribution < -0.4 is 5.32 Å². The molecule has 0 bridgehead atoms. The van der Waals surface area contributed by atoms with Gasteiger partial charge in [0.2, 0.25) is 5.91 Å². The monoisotopic (exact) mass is 338 g/mol. The van der Waals surface area contributed by atoms with Crippen molar-refractivity contribution in [3.05, 3.63) is 29.8 Å². The van der Waals surface area contributed by atoms with Crippen LogP contribution in [0.15, 0.2) is 24.3 Å². The molecule has 2 rings (SSSR count). The highest BCUT2D eigenvalue weighted by Crippen LogP contribution is 2.29. The summed E-state index contributed by atoms with van der Waals surface area (Å²) in [6, 6.07) is 7.75. The van der Waals surface area contributed by atoms with Crippen LogP contribution in [0, 0.1) is 0 Å². The number of rotatable bonds is 4. The number of benzene rings is 1. The number of nitrogens with one attached hydrogen (secondary N) is 1. The molecule has 1 aliphatic rings. The minimum atomic E-state index is -2.98. The lowest BCUT2D eigenvalue weighted by Crippen LogP contribution is -2.41. The molecule has 23 heavy (non-hydrogen) atoms. The number of sulfone groups is 1. The minimum absolute atomic E-state index is 0.0158. The Morgan fingerprint density at radius 1 is 1.30 bits per heavy atom. The SMILES string of the molecule is CN(C(=O)CNc1ccccc1C(C)(C)C)C1CCS(=O)(=O)C1. The topological polar surface area (TPSA) is 66.5 Å².